The minimum absolute atomic E-state index is 0.142. The molecule has 2 heterocycles. The zero-order valence-corrected chi connectivity index (χ0v) is 8.17. The van der Waals surface area contributed by atoms with Crippen molar-refractivity contribution in [1.29, 1.82) is 0 Å². The Morgan fingerprint density at radius 1 is 1.80 bits per heavy atom. The van der Waals surface area contributed by atoms with Crippen molar-refractivity contribution in [3.05, 3.63) is 11.8 Å². The van der Waals surface area contributed by atoms with Crippen molar-refractivity contribution in [2.45, 2.75) is 18.7 Å². The maximum Gasteiger partial charge on any atom is 0.336 e. The summed E-state index contributed by atoms with van der Waals surface area (Å²) >= 11 is 0. The molecule has 0 radical (unpaired) electrons. The summed E-state index contributed by atoms with van der Waals surface area (Å²) in [5.74, 6) is -0.401. The smallest absolute Gasteiger partial charge is 0.336 e. The van der Waals surface area contributed by atoms with Crippen LogP contribution in [0.1, 0.15) is 6.42 Å². The van der Waals surface area contributed by atoms with Gasteiger partial charge in [0.05, 0.1) is 20.1 Å². The highest BCUT2D eigenvalue weighted by Crippen LogP contribution is 2.36. The standard InChI is InChI=1S/C9H11NO5/c1-14-9(13)8-5(2-3-11)15-7-4-6(12)10(7)8/h2,7-8,11H,3-4H2,1H3/t7-,8-/m1/s1. The number of amides is 1. The fraction of sp³-hybridized carbons (Fsp3) is 0.556. The van der Waals surface area contributed by atoms with E-state index in [0.717, 1.165) is 0 Å². The van der Waals surface area contributed by atoms with E-state index in [1.807, 2.05) is 0 Å². The first-order valence-electron chi connectivity index (χ1n) is 4.55. The lowest BCUT2D eigenvalue weighted by Crippen LogP contribution is -2.55. The lowest BCUT2D eigenvalue weighted by Gasteiger charge is -2.33. The van der Waals surface area contributed by atoms with Gasteiger partial charge >= 0.3 is 5.97 Å². The number of carbonyl (C=O) groups is 2. The molecule has 15 heavy (non-hydrogen) atoms. The van der Waals surface area contributed by atoms with Gasteiger partial charge in [0.25, 0.3) is 0 Å². The number of rotatable bonds is 2. The van der Waals surface area contributed by atoms with Crippen LogP contribution in [0.5, 0.6) is 0 Å². The van der Waals surface area contributed by atoms with Crippen molar-refractivity contribution in [1.82, 2.24) is 4.90 Å². The average Bonchev–Trinajstić information content (AvgIpc) is 2.50. The summed E-state index contributed by atoms with van der Waals surface area (Å²) in [5.41, 5.74) is 0. The van der Waals surface area contributed by atoms with Gasteiger partial charge in [-0.3, -0.25) is 9.69 Å². The quantitative estimate of drug-likeness (QED) is 0.470. The van der Waals surface area contributed by atoms with Gasteiger partial charge < -0.3 is 14.6 Å². The summed E-state index contributed by atoms with van der Waals surface area (Å²) in [6, 6.07) is -0.826. The zero-order valence-electron chi connectivity index (χ0n) is 8.17. The fourth-order valence-electron chi connectivity index (χ4n) is 1.76. The number of esters is 1. The summed E-state index contributed by atoms with van der Waals surface area (Å²) in [7, 11) is 1.25. The number of β-lactam (4-membered cyclic amide) rings is 1. The highest BCUT2D eigenvalue weighted by Gasteiger charge is 2.53. The Morgan fingerprint density at radius 3 is 3.07 bits per heavy atom. The van der Waals surface area contributed by atoms with Crippen molar-refractivity contribution in [3.8, 4) is 0 Å². The average molecular weight is 213 g/mol. The molecule has 82 valence electrons. The first kappa shape index (κ1) is 9.97. The molecule has 0 unspecified atom stereocenters. The SMILES string of the molecule is COC(=O)[C@H]1C(=CCO)O[C@@H]2CC(=O)N12. The van der Waals surface area contributed by atoms with Crippen molar-refractivity contribution in [2.24, 2.45) is 0 Å². The Kier molecular flexibility index (Phi) is 2.36. The molecule has 0 aromatic rings. The second-order valence-electron chi connectivity index (χ2n) is 3.29. The molecular formula is C9H11NO5. The van der Waals surface area contributed by atoms with Crippen LogP contribution >= 0.6 is 0 Å². The van der Waals surface area contributed by atoms with Crippen molar-refractivity contribution >= 4 is 11.9 Å². The Hall–Kier alpha value is -1.56. The van der Waals surface area contributed by atoms with E-state index in [-0.39, 0.29) is 25.2 Å². The second-order valence-corrected chi connectivity index (χ2v) is 3.29. The van der Waals surface area contributed by atoms with Crippen LogP contribution in [-0.4, -0.2) is 47.9 Å². The van der Waals surface area contributed by atoms with E-state index in [0.29, 0.717) is 5.76 Å². The summed E-state index contributed by atoms with van der Waals surface area (Å²) in [6.45, 7) is -0.239. The summed E-state index contributed by atoms with van der Waals surface area (Å²) in [5, 5.41) is 8.75. The summed E-state index contributed by atoms with van der Waals surface area (Å²) < 4.78 is 9.89. The third-order valence-electron chi connectivity index (χ3n) is 2.48. The molecule has 2 aliphatic heterocycles. The van der Waals surface area contributed by atoms with Crippen LogP contribution in [0.3, 0.4) is 0 Å². The first-order chi connectivity index (χ1) is 7.19. The number of hydrogen-bond acceptors (Lipinski definition) is 5. The molecule has 2 atom stereocenters. The van der Waals surface area contributed by atoms with Gasteiger partial charge in [0, 0.05) is 0 Å². The fourth-order valence-corrected chi connectivity index (χ4v) is 1.76. The third-order valence-corrected chi connectivity index (χ3v) is 2.48. The predicted octanol–water partition coefficient (Wildman–Crippen LogP) is -1.01. The summed E-state index contributed by atoms with van der Waals surface area (Å²) in [4.78, 5) is 24.0. The molecule has 2 aliphatic rings. The Labute approximate surface area is 86.1 Å². The molecule has 0 saturated carbocycles. The van der Waals surface area contributed by atoms with Gasteiger partial charge in [-0.1, -0.05) is 0 Å². The molecule has 2 fully saturated rings. The van der Waals surface area contributed by atoms with Crippen molar-refractivity contribution in [2.75, 3.05) is 13.7 Å². The molecular weight excluding hydrogens is 202 g/mol. The molecule has 0 bridgehead atoms. The van der Waals surface area contributed by atoms with Gasteiger partial charge in [0.2, 0.25) is 5.91 Å². The molecule has 2 saturated heterocycles. The number of fused-ring (bicyclic) bond motifs is 1. The molecule has 1 N–H and O–H groups in total. The van der Waals surface area contributed by atoms with Gasteiger partial charge in [-0.25, -0.2) is 4.79 Å². The minimum atomic E-state index is -0.826. The normalized spacial score (nSPS) is 30.9. The van der Waals surface area contributed by atoms with Crippen molar-refractivity contribution < 1.29 is 24.2 Å². The number of aliphatic hydroxyl groups excluding tert-OH is 1. The number of carbonyl (C=O) groups excluding carboxylic acids is 2. The largest absolute Gasteiger partial charge is 0.472 e. The van der Waals surface area contributed by atoms with Gasteiger partial charge in [0.1, 0.15) is 5.76 Å². The van der Waals surface area contributed by atoms with Gasteiger partial charge in [-0.15, -0.1) is 0 Å². The van der Waals surface area contributed by atoms with E-state index >= 15 is 0 Å². The van der Waals surface area contributed by atoms with Crippen LogP contribution in [0.2, 0.25) is 0 Å². The molecule has 2 rings (SSSR count). The Morgan fingerprint density at radius 2 is 2.53 bits per heavy atom. The van der Waals surface area contributed by atoms with E-state index in [4.69, 9.17) is 9.84 Å². The lowest BCUT2D eigenvalue weighted by atomic mass is 10.1. The highest BCUT2D eigenvalue weighted by molar-refractivity contribution is 5.91. The number of nitrogens with zero attached hydrogens (tertiary/aromatic N) is 1. The molecule has 0 aromatic heterocycles. The van der Waals surface area contributed by atoms with E-state index in [9.17, 15) is 9.59 Å². The lowest BCUT2D eigenvalue weighted by molar-refractivity contribution is -0.164. The molecule has 0 spiro atoms. The second kappa shape index (κ2) is 3.54. The molecule has 6 nitrogen and oxygen atoms in total. The van der Waals surface area contributed by atoms with Crippen LogP contribution in [0.25, 0.3) is 0 Å². The van der Waals surface area contributed by atoms with Crippen LogP contribution in [0.15, 0.2) is 11.8 Å². The Balaban J connectivity index is 2.24. The topological polar surface area (TPSA) is 76.1 Å². The number of methoxy groups -OCH3 is 1. The third kappa shape index (κ3) is 1.37. The van der Waals surface area contributed by atoms with Crippen LogP contribution in [0, 0.1) is 0 Å². The van der Waals surface area contributed by atoms with E-state index < -0.39 is 12.0 Å². The van der Waals surface area contributed by atoms with E-state index in [2.05, 4.69) is 4.74 Å². The number of aliphatic hydroxyl groups is 1. The minimum Gasteiger partial charge on any atom is -0.472 e. The highest BCUT2D eigenvalue weighted by atomic mass is 16.6. The van der Waals surface area contributed by atoms with Crippen LogP contribution in [-0.2, 0) is 19.1 Å². The monoisotopic (exact) mass is 213 g/mol. The molecule has 0 aliphatic carbocycles. The van der Waals surface area contributed by atoms with Gasteiger partial charge in [-0.05, 0) is 6.08 Å². The maximum atomic E-state index is 11.4. The number of hydrogen-bond donors (Lipinski definition) is 1. The molecule has 1 amide bonds. The van der Waals surface area contributed by atoms with E-state index in [1.54, 1.807) is 0 Å². The number of ether oxygens (including phenoxy) is 2. The van der Waals surface area contributed by atoms with Crippen LogP contribution in [0.4, 0.5) is 0 Å². The van der Waals surface area contributed by atoms with Gasteiger partial charge in [0.15, 0.2) is 12.3 Å². The maximum absolute atomic E-state index is 11.4. The first-order valence-corrected chi connectivity index (χ1v) is 4.55. The molecule has 0 aromatic carbocycles. The zero-order chi connectivity index (χ0) is 11.0. The summed E-state index contributed by atoms with van der Waals surface area (Å²) in [6.07, 6.45) is 1.27. The van der Waals surface area contributed by atoms with Gasteiger partial charge in [-0.2, -0.15) is 0 Å². The molecule has 6 heteroatoms. The van der Waals surface area contributed by atoms with Crippen molar-refractivity contribution in [3.63, 3.8) is 0 Å². The Bertz CT molecular complexity index is 337. The van der Waals surface area contributed by atoms with Crippen LogP contribution < -0.4 is 0 Å². The predicted molar refractivity (Wildman–Crippen MR) is 47.3 cm³/mol. The van der Waals surface area contributed by atoms with E-state index in [1.165, 1.54) is 18.1 Å².